The van der Waals surface area contributed by atoms with Crippen molar-refractivity contribution in [1.82, 2.24) is 14.5 Å². The standard InChI is InChI=1S/C15H14N4S/c1-20-13-4-2-3-12(8-13)19-10-17-9-14(19)11-5-6-18-15(16)7-11/h2-10H,1H3,(H2,16,18). The van der Waals surface area contributed by atoms with E-state index >= 15 is 0 Å². The van der Waals surface area contributed by atoms with Gasteiger partial charge < -0.3 is 5.73 Å². The second-order valence-electron chi connectivity index (χ2n) is 4.32. The molecule has 0 radical (unpaired) electrons. The van der Waals surface area contributed by atoms with Crippen LogP contribution in [-0.2, 0) is 0 Å². The minimum absolute atomic E-state index is 0.508. The fourth-order valence-corrected chi connectivity index (χ4v) is 2.54. The zero-order valence-corrected chi connectivity index (χ0v) is 11.8. The molecule has 0 amide bonds. The minimum Gasteiger partial charge on any atom is -0.384 e. The highest BCUT2D eigenvalue weighted by molar-refractivity contribution is 7.98. The van der Waals surface area contributed by atoms with Crippen LogP contribution in [0.15, 0.2) is 60.0 Å². The van der Waals surface area contributed by atoms with Crippen molar-refractivity contribution in [2.45, 2.75) is 4.90 Å². The van der Waals surface area contributed by atoms with Crippen molar-refractivity contribution in [3.05, 3.63) is 55.1 Å². The Morgan fingerprint density at radius 2 is 2.10 bits per heavy atom. The summed E-state index contributed by atoms with van der Waals surface area (Å²) in [5, 5.41) is 0. The van der Waals surface area contributed by atoms with Crippen LogP contribution in [-0.4, -0.2) is 20.8 Å². The lowest BCUT2D eigenvalue weighted by Gasteiger charge is -2.09. The molecule has 3 aromatic rings. The smallest absolute Gasteiger partial charge is 0.123 e. The van der Waals surface area contributed by atoms with Crippen molar-refractivity contribution in [3.63, 3.8) is 0 Å². The molecular formula is C15H14N4S. The molecule has 0 spiro atoms. The highest BCUT2D eigenvalue weighted by Crippen LogP contribution is 2.25. The van der Waals surface area contributed by atoms with E-state index in [1.807, 2.05) is 30.7 Å². The second kappa shape index (κ2) is 5.38. The number of anilines is 1. The van der Waals surface area contributed by atoms with Crippen LogP contribution in [0.3, 0.4) is 0 Å². The molecule has 0 saturated heterocycles. The number of benzene rings is 1. The van der Waals surface area contributed by atoms with Gasteiger partial charge >= 0.3 is 0 Å². The third-order valence-electron chi connectivity index (χ3n) is 3.05. The molecule has 0 aliphatic carbocycles. The van der Waals surface area contributed by atoms with E-state index in [4.69, 9.17) is 5.73 Å². The highest BCUT2D eigenvalue weighted by Gasteiger charge is 2.08. The maximum absolute atomic E-state index is 5.75. The summed E-state index contributed by atoms with van der Waals surface area (Å²) in [6, 6.07) is 12.1. The van der Waals surface area contributed by atoms with Crippen LogP contribution in [0, 0.1) is 0 Å². The topological polar surface area (TPSA) is 56.7 Å². The molecule has 2 aromatic heterocycles. The maximum Gasteiger partial charge on any atom is 0.123 e. The van der Waals surface area contributed by atoms with Gasteiger partial charge in [0.05, 0.1) is 18.2 Å². The number of hydrogen-bond donors (Lipinski definition) is 1. The lowest BCUT2D eigenvalue weighted by molar-refractivity contribution is 1.05. The molecule has 0 aliphatic rings. The number of thioether (sulfide) groups is 1. The SMILES string of the molecule is CSc1cccc(-n2cncc2-c2ccnc(N)c2)c1. The summed E-state index contributed by atoms with van der Waals surface area (Å²) in [6.07, 6.45) is 7.42. The van der Waals surface area contributed by atoms with Crippen LogP contribution < -0.4 is 5.73 Å². The van der Waals surface area contributed by atoms with Crippen LogP contribution in [0.2, 0.25) is 0 Å². The molecule has 0 fully saturated rings. The van der Waals surface area contributed by atoms with E-state index in [0.717, 1.165) is 16.9 Å². The largest absolute Gasteiger partial charge is 0.384 e. The predicted molar refractivity (Wildman–Crippen MR) is 83.0 cm³/mol. The van der Waals surface area contributed by atoms with Crippen molar-refractivity contribution >= 4 is 17.6 Å². The van der Waals surface area contributed by atoms with Gasteiger partial charge in [-0.1, -0.05) is 6.07 Å². The summed E-state index contributed by atoms with van der Waals surface area (Å²) in [6.45, 7) is 0. The lowest BCUT2D eigenvalue weighted by Crippen LogP contribution is -1.96. The Morgan fingerprint density at radius 3 is 2.90 bits per heavy atom. The molecule has 4 nitrogen and oxygen atoms in total. The van der Waals surface area contributed by atoms with Crippen LogP contribution in [0.4, 0.5) is 5.82 Å². The molecule has 100 valence electrons. The quantitative estimate of drug-likeness (QED) is 0.749. The summed E-state index contributed by atoms with van der Waals surface area (Å²) in [5.74, 6) is 0.508. The van der Waals surface area contributed by atoms with Crippen LogP contribution in [0.5, 0.6) is 0 Å². The second-order valence-corrected chi connectivity index (χ2v) is 5.20. The first-order chi connectivity index (χ1) is 9.78. The first-order valence-electron chi connectivity index (χ1n) is 6.16. The third-order valence-corrected chi connectivity index (χ3v) is 3.77. The molecule has 0 atom stereocenters. The van der Waals surface area contributed by atoms with E-state index in [2.05, 4.69) is 39.0 Å². The fourth-order valence-electron chi connectivity index (χ4n) is 2.08. The van der Waals surface area contributed by atoms with Gasteiger partial charge in [0.25, 0.3) is 0 Å². The van der Waals surface area contributed by atoms with Gasteiger partial charge in [-0.15, -0.1) is 11.8 Å². The molecule has 0 bridgehead atoms. The van der Waals surface area contributed by atoms with Crippen molar-refractivity contribution in [2.75, 3.05) is 12.0 Å². The monoisotopic (exact) mass is 282 g/mol. The molecule has 0 aliphatic heterocycles. The van der Waals surface area contributed by atoms with Gasteiger partial charge in [0.1, 0.15) is 5.82 Å². The van der Waals surface area contributed by atoms with Gasteiger partial charge in [-0.05, 0) is 36.6 Å². The fraction of sp³-hybridized carbons (Fsp3) is 0.0667. The average Bonchev–Trinajstić information content (AvgIpc) is 2.97. The van der Waals surface area contributed by atoms with Crippen LogP contribution in [0.1, 0.15) is 0 Å². The van der Waals surface area contributed by atoms with Crippen molar-refractivity contribution in [1.29, 1.82) is 0 Å². The Kier molecular flexibility index (Phi) is 3.43. The Balaban J connectivity index is 2.10. The number of pyridine rings is 1. The van der Waals surface area contributed by atoms with Crippen LogP contribution in [0.25, 0.3) is 16.9 Å². The lowest BCUT2D eigenvalue weighted by atomic mass is 10.2. The molecule has 2 N–H and O–H groups in total. The summed E-state index contributed by atoms with van der Waals surface area (Å²) < 4.78 is 2.05. The highest BCUT2D eigenvalue weighted by atomic mass is 32.2. The third kappa shape index (κ3) is 2.40. The molecule has 0 saturated carbocycles. The van der Waals surface area contributed by atoms with E-state index in [9.17, 15) is 0 Å². The zero-order valence-electron chi connectivity index (χ0n) is 11.0. The number of aromatic nitrogens is 3. The van der Waals surface area contributed by atoms with Gasteiger partial charge in [0.15, 0.2) is 0 Å². The predicted octanol–water partition coefficient (Wildman–Crippen LogP) is 3.24. The molecule has 1 aromatic carbocycles. The van der Waals surface area contributed by atoms with E-state index in [1.165, 1.54) is 4.90 Å². The van der Waals surface area contributed by atoms with Crippen molar-refractivity contribution in [2.24, 2.45) is 0 Å². The average molecular weight is 282 g/mol. The number of nitrogen functional groups attached to an aromatic ring is 1. The summed E-state index contributed by atoms with van der Waals surface area (Å²) >= 11 is 1.72. The Morgan fingerprint density at radius 1 is 1.20 bits per heavy atom. The number of imidazole rings is 1. The number of rotatable bonds is 3. The van der Waals surface area contributed by atoms with E-state index < -0.39 is 0 Å². The van der Waals surface area contributed by atoms with Gasteiger partial charge in [0, 0.05) is 22.3 Å². The number of nitrogens with zero attached hydrogens (tertiary/aromatic N) is 3. The molecular weight excluding hydrogens is 268 g/mol. The molecule has 0 unspecified atom stereocenters. The van der Waals surface area contributed by atoms with E-state index in [0.29, 0.717) is 5.82 Å². The summed E-state index contributed by atoms with van der Waals surface area (Å²) in [5.41, 5.74) is 8.84. The van der Waals surface area contributed by atoms with Crippen molar-refractivity contribution in [3.8, 4) is 16.9 Å². The maximum atomic E-state index is 5.75. The van der Waals surface area contributed by atoms with Gasteiger partial charge in [-0.3, -0.25) is 4.57 Å². The van der Waals surface area contributed by atoms with E-state index in [-0.39, 0.29) is 0 Å². The first kappa shape index (κ1) is 12.7. The molecule has 3 rings (SSSR count). The van der Waals surface area contributed by atoms with E-state index in [1.54, 1.807) is 18.0 Å². The van der Waals surface area contributed by atoms with Gasteiger partial charge in [0.2, 0.25) is 0 Å². The molecule has 2 heterocycles. The summed E-state index contributed by atoms with van der Waals surface area (Å²) in [4.78, 5) is 9.50. The Bertz CT molecular complexity index is 736. The zero-order chi connectivity index (χ0) is 13.9. The Hall–Kier alpha value is -2.27. The molecule has 20 heavy (non-hydrogen) atoms. The van der Waals surface area contributed by atoms with Gasteiger partial charge in [-0.25, -0.2) is 9.97 Å². The Labute approximate surface area is 121 Å². The normalized spacial score (nSPS) is 10.7. The molecule has 5 heteroatoms. The van der Waals surface area contributed by atoms with Gasteiger partial charge in [-0.2, -0.15) is 0 Å². The summed E-state index contributed by atoms with van der Waals surface area (Å²) in [7, 11) is 0. The number of hydrogen-bond acceptors (Lipinski definition) is 4. The van der Waals surface area contributed by atoms with Crippen molar-refractivity contribution < 1.29 is 0 Å². The van der Waals surface area contributed by atoms with Crippen LogP contribution >= 0.6 is 11.8 Å². The number of nitrogens with two attached hydrogens (primary N) is 1. The minimum atomic E-state index is 0.508. The first-order valence-corrected chi connectivity index (χ1v) is 7.39.